The van der Waals surface area contributed by atoms with Gasteiger partial charge in [-0.1, -0.05) is 0 Å². The molecule has 204 valence electrons. The van der Waals surface area contributed by atoms with Crippen LogP contribution in [0.4, 0.5) is 0 Å². The number of nitrogens with two attached hydrogens (primary N) is 4. The summed E-state index contributed by atoms with van der Waals surface area (Å²) in [5.74, 6) is -3.14. The number of nitrogens with one attached hydrogen (secondary N) is 3. The minimum atomic E-state index is -1.23. The van der Waals surface area contributed by atoms with Gasteiger partial charge in [-0.15, -0.1) is 0 Å². The maximum Gasteiger partial charge on any atom is 0.326 e. The summed E-state index contributed by atoms with van der Waals surface area (Å²) in [6.45, 7) is 2.57. The van der Waals surface area contributed by atoms with E-state index in [2.05, 4.69) is 16.0 Å². The molecule has 0 aromatic heterocycles. The summed E-state index contributed by atoms with van der Waals surface area (Å²) in [6.07, 6.45) is 2.99. The largest absolute Gasteiger partial charge is 0.480 e. The van der Waals surface area contributed by atoms with E-state index in [-0.39, 0.29) is 19.3 Å². The SMILES string of the molecule is C[C@@H](O)[C@H](N)C(=O)N[C@@H](CCCCN)C(=O)N[C@@H](CCCCN)C(=O)N[C@@H](CCCCN)C(=O)O. The van der Waals surface area contributed by atoms with Crippen LogP contribution in [-0.2, 0) is 19.2 Å². The van der Waals surface area contributed by atoms with Crippen LogP contribution in [0.3, 0.4) is 0 Å². The highest BCUT2D eigenvalue weighted by molar-refractivity contribution is 5.94. The van der Waals surface area contributed by atoms with Crippen molar-refractivity contribution in [3.05, 3.63) is 0 Å². The van der Waals surface area contributed by atoms with Gasteiger partial charge >= 0.3 is 5.97 Å². The Bertz CT molecular complexity index is 650. The second-order valence-electron chi connectivity index (χ2n) is 8.64. The van der Waals surface area contributed by atoms with Crippen LogP contribution in [0.5, 0.6) is 0 Å². The third-order valence-corrected chi connectivity index (χ3v) is 5.54. The predicted molar refractivity (Wildman–Crippen MR) is 132 cm³/mol. The van der Waals surface area contributed by atoms with Crippen LogP contribution in [-0.4, -0.2) is 83.8 Å². The van der Waals surface area contributed by atoms with Gasteiger partial charge in [0.15, 0.2) is 0 Å². The van der Waals surface area contributed by atoms with Crippen LogP contribution < -0.4 is 38.9 Å². The lowest BCUT2D eigenvalue weighted by atomic mass is 10.0. The zero-order valence-electron chi connectivity index (χ0n) is 20.7. The lowest BCUT2D eigenvalue weighted by molar-refractivity contribution is -0.142. The molecule has 0 fully saturated rings. The Labute approximate surface area is 207 Å². The number of carbonyl (C=O) groups excluding carboxylic acids is 3. The molecule has 0 bridgehead atoms. The van der Waals surface area contributed by atoms with Gasteiger partial charge in [0.25, 0.3) is 0 Å². The molecule has 5 atom stereocenters. The van der Waals surface area contributed by atoms with E-state index in [0.29, 0.717) is 58.2 Å². The van der Waals surface area contributed by atoms with Gasteiger partial charge in [-0.25, -0.2) is 4.79 Å². The van der Waals surface area contributed by atoms with E-state index in [4.69, 9.17) is 22.9 Å². The molecule has 3 amide bonds. The second-order valence-corrected chi connectivity index (χ2v) is 8.64. The zero-order valence-corrected chi connectivity index (χ0v) is 20.7. The molecule has 0 aromatic rings. The number of aliphatic hydroxyl groups excluding tert-OH is 1. The van der Waals surface area contributed by atoms with Crippen molar-refractivity contribution in [2.75, 3.05) is 19.6 Å². The number of amides is 3. The Hall–Kier alpha value is -2.32. The molecule has 0 aliphatic carbocycles. The Morgan fingerprint density at radius 2 is 1.00 bits per heavy atom. The molecule has 0 saturated heterocycles. The fourth-order valence-electron chi connectivity index (χ4n) is 3.31. The smallest absolute Gasteiger partial charge is 0.326 e. The van der Waals surface area contributed by atoms with Gasteiger partial charge in [0, 0.05) is 0 Å². The number of carboxylic acid groups (broad SMARTS) is 1. The van der Waals surface area contributed by atoms with Crippen molar-refractivity contribution < 1.29 is 29.4 Å². The molecule has 0 radical (unpaired) electrons. The van der Waals surface area contributed by atoms with Crippen LogP contribution in [0.2, 0.25) is 0 Å². The molecule has 0 heterocycles. The Kier molecular flexibility index (Phi) is 17.7. The highest BCUT2D eigenvalue weighted by Crippen LogP contribution is 2.08. The van der Waals surface area contributed by atoms with E-state index >= 15 is 0 Å². The molecule has 0 rings (SSSR count). The Morgan fingerprint density at radius 1 is 0.657 bits per heavy atom. The minimum absolute atomic E-state index is 0.205. The van der Waals surface area contributed by atoms with Crippen LogP contribution in [0, 0.1) is 0 Å². The molecule has 13 nitrogen and oxygen atoms in total. The highest BCUT2D eigenvalue weighted by atomic mass is 16.4. The lowest BCUT2D eigenvalue weighted by Gasteiger charge is -2.25. The fourth-order valence-corrected chi connectivity index (χ4v) is 3.31. The Balaban J connectivity index is 5.47. The number of hydrogen-bond acceptors (Lipinski definition) is 9. The molecule has 0 aliphatic heterocycles. The molecule has 0 aliphatic rings. The van der Waals surface area contributed by atoms with Crippen molar-refractivity contribution in [1.82, 2.24) is 16.0 Å². The fraction of sp³-hybridized carbons (Fsp3) is 0.818. The lowest BCUT2D eigenvalue weighted by Crippen LogP contribution is -2.58. The molecule has 35 heavy (non-hydrogen) atoms. The topological polar surface area (TPSA) is 249 Å². The molecule has 0 saturated carbocycles. The van der Waals surface area contributed by atoms with Gasteiger partial charge < -0.3 is 49.1 Å². The van der Waals surface area contributed by atoms with Crippen molar-refractivity contribution >= 4 is 23.7 Å². The first-order valence-corrected chi connectivity index (χ1v) is 12.3. The number of aliphatic carboxylic acids is 1. The first-order chi connectivity index (χ1) is 16.6. The number of rotatable bonds is 20. The van der Waals surface area contributed by atoms with E-state index < -0.39 is 54.0 Å². The standard InChI is InChI=1S/C22H45N7O6/c1-14(30)18(26)21(33)28-16(9-3-6-12-24)19(31)27-15(8-2-5-11-23)20(32)29-17(22(34)35)10-4-7-13-25/h14-18,30H,2-13,23-26H2,1H3,(H,27,31)(H,28,33)(H,29,32)(H,34,35)/t14-,15+,16+,17+,18+/m1/s1. The summed E-state index contributed by atoms with van der Waals surface area (Å²) >= 11 is 0. The van der Waals surface area contributed by atoms with Crippen molar-refractivity contribution in [2.24, 2.45) is 22.9 Å². The third kappa shape index (κ3) is 14.0. The van der Waals surface area contributed by atoms with E-state index in [1.54, 1.807) is 0 Å². The molecule has 0 unspecified atom stereocenters. The quantitative estimate of drug-likeness (QED) is 0.0797. The van der Waals surface area contributed by atoms with Crippen LogP contribution in [0.25, 0.3) is 0 Å². The van der Waals surface area contributed by atoms with Gasteiger partial charge in [0.1, 0.15) is 24.2 Å². The first kappa shape index (κ1) is 32.7. The molecule has 0 aromatic carbocycles. The summed E-state index contributed by atoms with van der Waals surface area (Å²) in [6, 6.07) is -4.38. The van der Waals surface area contributed by atoms with Gasteiger partial charge in [-0.2, -0.15) is 0 Å². The minimum Gasteiger partial charge on any atom is -0.480 e. The van der Waals surface area contributed by atoms with Crippen molar-refractivity contribution in [3.8, 4) is 0 Å². The first-order valence-electron chi connectivity index (χ1n) is 12.3. The average Bonchev–Trinajstić information content (AvgIpc) is 2.81. The van der Waals surface area contributed by atoms with Gasteiger partial charge in [0.2, 0.25) is 17.7 Å². The van der Waals surface area contributed by atoms with Crippen molar-refractivity contribution in [2.45, 2.75) is 95.0 Å². The highest BCUT2D eigenvalue weighted by Gasteiger charge is 2.30. The maximum atomic E-state index is 13.0. The summed E-state index contributed by atoms with van der Waals surface area (Å²) < 4.78 is 0. The zero-order chi connectivity index (χ0) is 26.8. The van der Waals surface area contributed by atoms with Gasteiger partial charge in [-0.05, 0) is 84.3 Å². The van der Waals surface area contributed by atoms with E-state index in [9.17, 15) is 29.4 Å². The molecular weight excluding hydrogens is 458 g/mol. The maximum absolute atomic E-state index is 13.0. The van der Waals surface area contributed by atoms with E-state index in [1.807, 2.05) is 0 Å². The number of unbranched alkanes of at least 4 members (excludes halogenated alkanes) is 3. The summed E-state index contributed by atoms with van der Waals surface area (Å²) in [5.41, 5.74) is 22.2. The molecule has 0 spiro atoms. The number of carboxylic acids is 1. The van der Waals surface area contributed by atoms with Crippen LogP contribution in [0.1, 0.15) is 64.7 Å². The second kappa shape index (κ2) is 18.9. The monoisotopic (exact) mass is 503 g/mol. The molecular formula is C22H45N7O6. The number of carbonyl (C=O) groups is 4. The number of aliphatic hydroxyl groups is 1. The predicted octanol–water partition coefficient (Wildman–Crippen LogP) is -2.38. The summed E-state index contributed by atoms with van der Waals surface area (Å²) in [4.78, 5) is 49.9. The molecule has 13 N–H and O–H groups in total. The van der Waals surface area contributed by atoms with E-state index in [1.165, 1.54) is 6.92 Å². The van der Waals surface area contributed by atoms with Crippen molar-refractivity contribution in [1.29, 1.82) is 0 Å². The summed E-state index contributed by atoms with van der Waals surface area (Å²) in [5, 5.41) is 26.7. The molecule has 13 heteroatoms. The van der Waals surface area contributed by atoms with Crippen LogP contribution >= 0.6 is 0 Å². The normalized spacial score (nSPS) is 15.4. The van der Waals surface area contributed by atoms with E-state index in [0.717, 1.165) is 0 Å². The van der Waals surface area contributed by atoms with Gasteiger partial charge in [0.05, 0.1) is 6.10 Å². The number of hydrogen-bond donors (Lipinski definition) is 9. The third-order valence-electron chi connectivity index (χ3n) is 5.54. The van der Waals surface area contributed by atoms with Gasteiger partial charge in [-0.3, -0.25) is 14.4 Å². The summed E-state index contributed by atoms with van der Waals surface area (Å²) in [7, 11) is 0. The average molecular weight is 504 g/mol. The van der Waals surface area contributed by atoms with Crippen molar-refractivity contribution in [3.63, 3.8) is 0 Å². The Morgan fingerprint density at radius 3 is 1.34 bits per heavy atom. The van der Waals surface area contributed by atoms with Crippen LogP contribution in [0.15, 0.2) is 0 Å².